The summed E-state index contributed by atoms with van der Waals surface area (Å²) in [5.41, 5.74) is 1.35. The molecule has 2 atom stereocenters. The van der Waals surface area contributed by atoms with Crippen LogP contribution in [0, 0.1) is 5.92 Å². The standard InChI is InChI=1S/C32H56O3/c1-4-7-9-10-11-12-13-14-15-16-17-18-19-21-29-22-30(33-25-28(6-3)20-8-5-2)24-31(23-29)34-26-32-27-35-32/h22-24,28,32H,4-21,25-27H2,1-3H3. The molecule has 1 fully saturated rings. The fourth-order valence-corrected chi connectivity index (χ4v) is 4.75. The van der Waals surface area contributed by atoms with Crippen LogP contribution in [0.5, 0.6) is 11.5 Å². The highest BCUT2D eigenvalue weighted by Gasteiger charge is 2.23. The molecule has 202 valence electrons. The van der Waals surface area contributed by atoms with Crippen molar-refractivity contribution in [2.45, 2.75) is 142 Å². The van der Waals surface area contributed by atoms with E-state index in [1.54, 1.807) is 0 Å². The van der Waals surface area contributed by atoms with Gasteiger partial charge in [0.25, 0.3) is 0 Å². The lowest BCUT2D eigenvalue weighted by molar-refractivity contribution is 0.229. The molecule has 0 aromatic heterocycles. The van der Waals surface area contributed by atoms with E-state index in [1.165, 1.54) is 115 Å². The minimum absolute atomic E-state index is 0.280. The summed E-state index contributed by atoms with van der Waals surface area (Å²) in [6.07, 6.45) is 24.5. The zero-order valence-corrected chi connectivity index (χ0v) is 23.5. The summed E-state index contributed by atoms with van der Waals surface area (Å²) in [5.74, 6) is 2.55. The van der Waals surface area contributed by atoms with Crippen LogP contribution in [0.15, 0.2) is 18.2 Å². The molecule has 0 N–H and O–H groups in total. The maximum absolute atomic E-state index is 6.27. The third kappa shape index (κ3) is 15.5. The lowest BCUT2D eigenvalue weighted by Gasteiger charge is -2.17. The minimum Gasteiger partial charge on any atom is -0.493 e. The molecular formula is C32H56O3. The first kappa shape index (κ1) is 30.0. The van der Waals surface area contributed by atoms with Gasteiger partial charge in [0.05, 0.1) is 13.2 Å². The van der Waals surface area contributed by atoms with Crippen molar-refractivity contribution >= 4 is 0 Å². The van der Waals surface area contributed by atoms with Crippen molar-refractivity contribution in [3.05, 3.63) is 23.8 Å². The van der Waals surface area contributed by atoms with Gasteiger partial charge in [0.1, 0.15) is 24.2 Å². The van der Waals surface area contributed by atoms with Crippen molar-refractivity contribution in [2.24, 2.45) is 5.92 Å². The number of hydrogen-bond donors (Lipinski definition) is 0. The molecule has 0 aliphatic carbocycles. The molecule has 0 bridgehead atoms. The predicted molar refractivity (Wildman–Crippen MR) is 150 cm³/mol. The maximum Gasteiger partial charge on any atom is 0.123 e. The van der Waals surface area contributed by atoms with E-state index in [0.29, 0.717) is 12.5 Å². The highest BCUT2D eigenvalue weighted by Crippen LogP contribution is 2.27. The van der Waals surface area contributed by atoms with Crippen LogP contribution >= 0.6 is 0 Å². The largest absolute Gasteiger partial charge is 0.493 e. The molecule has 1 saturated heterocycles. The van der Waals surface area contributed by atoms with E-state index in [9.17, 15) is 0 Å². The molecule has 1 heterocycles. The monoisotopic (exact) mass is 488 g/mol. The molecule has 0 spiro atoms. The third-order valence-electron chi connectivity index (χ3n) is 7.38. The van der Waals surface area contributed by atoms with E-state index in [-0.39, 0.29) is 6.10 Å². The van der Waals surface area contributed by atoms with E-state index in [2.05, 4.69) is 39.0 Å². The molecule has 35 heavy (non-hydrogen) atoms. The number of rotatable bonds is 24. The number of ether oxygens (including phenoxy) is 3. The number of unbranched alkanes of at least 4 members (excludes halogenated alkanes) is 13. The van der Waals surface area contributed by atoms with Crippen molar-refractivity contribution in [3.63, 3.8) is 0 Å². The van der Waals surface area contributed by atoms with Gasteiger partial charge in [-0.05, 0) is 42.9 Å². The molecule has 0 saturated carbocycles. The second kappa shape index (κ2) is 19.9. The van der Waals surface area contributed by atoms with Crippen molar-refractivity contribution in [1.82, 2.24) is 0 Å². The normalized spacial score (nSPS) is 15.8. The number of aryl methyl sites for hydroxylation is 1. The zero-order chi connectivity index (χ0) is 25.0. The number of epoxide rings is 1. The van der Waals surface area contributed by atoms with Gasteiger partial charge in [-0.2, -0.15) is 0 Å². The summed E-state index contributed by atoms with van der Waals surface area (Å²) in [4.78, 5) is 0. The second-order valence-electron chi connectivity index (χ2n) is 10.8. The van der Waals surface area contributed by atoms with Crippen LogP contribution in [-0.4, -0.2) is 25.9 Å². The summed E-state index contributed by atoms with van der Waals surface area (Å²) in [7, 11) is 0. The Bertz CT molecular complexity index is 625. The van der Waals surface area contributed by atoms with Crippen LogP contribution in [0.2, 0.25) is 0 Å². The Labute approximate surface area is 217 Å². The van der Waals surface area contributed by atoms with Crippen LogP contribution in [0.1, 0.15) is 135 Å². The molecule has 0 amide bonds. The summed E-state index contributed by atoms with van der Waals surface area (Å²) in [6.45, 7) is 9.12. The van der Waals surface area contributed by atoms with Crippen molar-refractivity contribution < 1.29 is 14.2 Å². The van der Waals surface area contributed by atoms with E-state index < -0.39 is 0 Å². The molecule has 0 radical (unpaired) electrons. The summed E-state index contributed by atoms with van der Waals surface area (Å²) in [6, 6.07) is 6.53. The van der Waals surface area contributed by atoms with Crippen molar-refractivity contribution in [2.75, 3.05) is 19.8 Å². The first-order valence-corrected chi connectivity index (χ1v) is 15.3. The smallest absolute Gasteiger partial charge is 0.123 e. The second-order valence-corrected chi connectivity index (χ2v) is 10.8. The van der Waals surface area contributed by atoms with E-state index >= 15 is 0 Å². The zero-order valence-electron chi connectivity index (χ0n) is 23.5. The van der Waals surface area contributed by atoms with Gasteiger partial charge in [0.15, 0.2) is 0 Å². The average Bonchev–Trinajstić information content (AvgIpc) is 3.70. The fraction of sp³-hybridized carbons (Fsp3) is 0.812. The van der Waals surface area contributed by atoms with E-state index in [1.807, 2.05) is 0 Å². The third-order valence-corrected chi connectivity index (χ3v) is 7.38. The van der Waals surface area contributed by atoms with Crippen molar-refractivity contribution in [3.8, 4) is 11.5 Å². The fourth-order valence-electron chi connectivity index (χ4n) is 4.75. The van der Waals surface area contributed by atoms with Crippen LogP contribution in [0.25, 0.3) is 0 Å². The Morgan fingerprint density at radius 2 is 1.26 bits per heavy atom. The van der Waals surface area contributed by atoms with Crippen molar-refractivity contribution in [1.29, 1.82) is 0 Å². The lowest BCUT2D eigenvalue weighted by Crippen LogP contribution is -2.11. The predicted octanol–water partition coefficient (Wildman–Crippen LogP) is 9.69. The van der Waals surface area contributed by atoms with Crippen LogP contribution < -0.4 is 9.47 Å². The van der Waals surface area contributed by atoms with E-state index in [4.69, 9.17) is 14.2 Å². The van der Waals surface area contributed by atoms with Gasteiger partial charge in [0.2, 0.25) is 0 Å². The average molecular weight is 489 g/mol. The summed E-state index contributed by atoms with van der Waals surface area (Å²) in [5, 5.41) is 0. The molecule has 2 unspecified atom stereocenters. The maximum atomic E-state index is 6.27. The Kier molecular flexibility index (Phi) is 17.1. The Morgan fingerprint density at radius 3 is 1.80 bits per heavy atom. The quantitative estimate of drug-likeness (QED) is 0.107. The molecule has 1 aliphatic rings. The Hall–Kier alpha value is -1.22. The van der Waals surface area contributed by atoms with Crippen LogP contribution in [-0.2, 0) is 11.2 Å². The van der Waals surface area contributed by atoms with Gasteiger partial charge in [-0.15, -0.1) is 0 Å². The van der Waals surface area contributed by atoms with E-state index in [0.717, 1.165) is 31.1 Å². The molecule has 2 rings (SSSR count). The van der Waals surface area contributed by atoms with Gasteiger partial charge < -0.3 is 14.2 Å². The molecule has 1 aromatic rings. The lowest BCUT2D eigenvalue weighted by atomic mass is 10.0. The highest BCUT2D eigenvalue weighted by molar-refractivity contribution is 5.38. The summed E-state index contributed by atoms with van der Waals surface area (Å²) < 4.78 is 17.6. The first-order chi connectivity index (χ1) is 17.2. The van der Waals surface area contributed by atoms with Gasteiger partial charge >= 0.3 is 0 Å². The SMILES string of the molecule is CCCCCCCCCCCCCCCc1cc(OCC(CC)CCCC)cc(OCC2CO2)c1. The topological polar surface area (TPSA) is 31.0 Å². The Morgan fingerprint density at radius 1 is 0.714 bits per heavy atom. The Balaban J connectivity index is 1.65. The molecular weight excluding hydrogens is 432 g/mol. The molecule has 1 aromatic carbocycles. The molecule has 1 aliphatic heterocycles. The van der Waals surface area contributed by atoms with Gasteiger partial charge in [0, 0.05) is 6.07 Å². The minimum atomic E-state index is 0.280. The number of hydrogen-bond acceptors (Lipinski definition) is 3. The van der Waals surface area contributed by atoms with Crippen LogP contribution in [0.4, 0.5) is 0 Å². The van der Waals surface area contributed by atoms with Gasteiger partial charge in [-0.25, -0.2) is 0 Å². The number of benzene rings is 1. The molecule has 3 nitrogen and oxygen atoms in total. The van der Waals surface area contributed by atoms with Gasteiger partial charge in [-0.3, -0.25) is 0 Å². The van der Waals surface area contributed by atoms with Gasteiger partial charge in [-0.1, -0.05) is 117 Å². The molecule has 3 heteroatoms. The van der Waals surface area contributed by atoms with Crippen LogP contribution in [0.3, 0.4) is 0 Å². The summed E-state index contributed by atoms with van der Waals surface area (Å²) >= 11 is 0. The highest BCUT2D eigenvalue weighted by atomic mass is 16.6. The first-order valence-electron chi connectivity index (χ1n) is 15.3.